The molecule has 0 saturated heterocycles. The van der Waals surface area contributed by atoms with Gasteiger partial charge in [0.1, 0.15) is 35.5 Å². The van der Waals surface area contributed by atoms with Crippen LogP contribution in [0.25, 0.3) is 0 Å². The molecule has 1 heterocycles. The highest BCUT2D eigenvalue weighted by molar-refractivity contribution is 5.75. The molecule has 25 heavy (non-hydrogen) atoms. The summed E-state index contributed by atoms with van der Waals surface area (Å²) in [6.45, 7) is 6.38. The van der Waals surface area contributed by atoms with Crippen molar-refractivity contribution in [2.75, 3.05) is 0 Å². The number of halogens is 2. The number of hydrogen-bond donors (Lipinski definition) is 2. The highest BCUT2D eigenvalue weighted by Gasteiger charge is 2.43. The molecule has 1 aromatic heterocycles. The molecule has 0 fully saturated rings. The normalized spacial score (nSPS) is 15.5. The first kappa shape index (κ1) is 19.0. The largest absolute Gasteiger partial charge is 0.459 e. The molecule has 2 aromatic rings. The van der Waals surface area contributed by atoms with Crippen LogP contribution >= 0.6 is 0 Å². The average molecular weight is 353 g/mol. The standard InChI is InChI=1S/C17H21F2N3O3/c1-10(25-15(23)16(2,3)4)17(24,8-14-20-9-21-22-14)12-7-11(18)5-6-13(12)19/h5-7,9-10,24H,8H2,1-4H3,(H,20,21,22)/t10-,17+/m1/s1. The Morgan fingerprint density at radius 3 is 2.60 bits per heavy atom. The second-order valence-electron chi connectivity index (χ2n) is 6.95. The minimum Gasteiger partial charge on any atom is -0.459 e. The first-order chi connectivity index (χ1) is 11.5. The molecule has 0 amide bonds. The number of aromatic amines is 1. The van der Waals surface area contributed by atoms with Gasteiger partial charge < -0.3 is 9.84 Å². The lowest BCUT2D eigenvalue weighted by molar-refractivity contribution is -0.174. The maximum absolute atomic E-state index is 14.3. The monoisotopic (exact) mass is 353 g/mol. The third-order valence-electron chi connectivity index (χ3n) is 3.87. The molecule has 2 N–H and O–H groups in total. The number of carbonyl (C=O) groups excluding carboxylic acids is 1. The molecule has 0 radical (unpaired) electrons. The van der Waals surface area contributed by atoms with Crippen LogP contribution in [0.15, 0.2) is 24.5 Å². The number of carbonyl (C=O) groups is 1. The van der Waals surface area contributed by atoms with E-state index in [1.807, 2.05) is 0 Å². The van der Waals surface area contributed by atoms with Gasteiger partial charge in [-0.25, -0.2) is 13.8 Å². The van der Waals surface area contributed by atoms with E-state index in [1.54, 1.807) is 20.8 Å². The lowest BCUT2D eigenvalue weighted by atomic mass is 9.84. The highest BCUT2D eigenvalue weighted by Crippen LogP contribution is 2.34. The van der Waals surface area contributed by atoms with E-state index in [2.05, 4.69) is 15.2 Å². The Morgan fingerprint density at radius 1 is 1.36 bits per heavy atom. The Bertz CT molecular complexity index is 744. The number of hydrogen-bond acceptors (Lipinski definition) is 5. The number of esters is 1. The SMILES string of the molecule is C[C@@H](OC(=O)C(C)(C)C)[C@@](O)(Cc1ncn[nH]1)c1cc(F)ccc1F. The summed E-state index contributed by atoms with van der Waals surface area (Å²) < 4.78 is 33.3. The number of benzene rings is 1. The van der Waals surface area contributed by atoms with Crippen molar-refractivity contribution in [1.29, 1.82) is 0 Å². The lowest BCUT2D eigenvalue weighted by Gasteiger charge is -2.35. The van der Waals surface area contributed by atoms with Crippen LogP contribution in [0.5, 0.6) is 0 Å². The molecule has 0 unspecified atom stereocenters. The minimum absolute atomic E-state index is 0.241. The molecular formula is C17H21F2N3O3. The third-order valence-corrected chi connectivity index (χ3v) is 3.87. The van der Waals surface area contributed by atoms with Gasteiger partial charge in [0.2, 0.25) is 0 Å². The van der Waals surface area contributed by atoms with Gasteiger partial charge in [-0.1, -0.05) is 0 Å². The molecule has 0 aliphatic carbocycles. The molecule has 6 nitrogen and oxygen atoms in total. The summed E-state index contributed by atoms with van der Waals surface area (Å²) in [7, 11) is 0. The van der Waals surface area contributed by atoms with Crippen LogP contribution in [0.3, 0.4) is 0 Å². The predicted molar refractivity (Wildman–Crippen MR) is 85.4 cm³/mol. The van der Waals surface area contributed by atoms with E-state index in [0.29, 0.717) is 0 Å². The fourth-order valence-corrected chi connectivity index (χ4v) is 2.29. The number of nitrogens with one attached hydrogen (secondary N) is 1. The smallest absolute Gasteiger partial charge is 0.311 e. The van der Waals surface area contributed by atoms with Crippen LogP contribution in [0.4, 0.5) is 8.78 Å². The van der Waals surface area contributed by atoms with E-state index in [0.717, 1.165) is 18.2 Å². The van der Waals surface area contributed by atoms with Crippen LogP contribution < -0.4 is 0 Å². The third kappa shape index (κ3) is 4.19. The van der Waals surface area contributed by atoms with Gasteiger partial charge in [0.15, 0.2) is 0 Å². The summed E-state index contributed by atoms with van der Waals surface area (Å²) in [6, 6.07) is 2.74. The van der Waals surface area contributed by atoms with E-state index in [-0.39, 0.29) is 17.8 Å². The molecule has 1 aromatic carbocycles. The fraction of sp³-hybridized carbons (Fsp3) is 0.471. The van der Waals surface area contributed by atoms with Gasteiger partial charge in [0.05, 0.1) is 5.41 Å². The summed E-state index contributed by atoms with van der Waals surface area (Å²) in [5, 5.41) is 17.4. The summed E-state index contributed by atoms with van der Waals surface area (Å²) in [5.74, 6) is -1.87. The van der Waals surface area contributed by atoms with Crippen LogP contribution in [0.1, 0.15) is 39.1 Å². The van der Waals surface area contributed by atoms with Crippen molar-refractivity contribution in [1.82, 2.24) is 15.2 Å². The second-order valence-corrected chi connectivity index (χ2v) is 6.95. The Labute approximate surface area is 144 Å². The molecule has 136 valence electrons. The van der Waals surface area contributed by atoms with Crippen molar-refractivity contribution in [3.05, 3.63) is 47.5 Å². The Kier molecular flexibility index (Phi) is 5.22. The Hall–Kier alpha value is -2.35. The molecule has 0 aliphatic heterocycles. The van der Waals surface area contributed by atoms with E-state index < -0.39 is 34.7 Å². The highest BCUT2D eigenvalue weighted by atomic mass is 19.1. The first-order valence-electron chi connectivity index (χ1n) is 7.77. The van der Waals surface area contributed by atoms with Crippen molar-refractivity contribution in [3.63, 3.8) is 0 Å². The zero-order valence-electron chi connectivity index (χ0n) is 14.5. The topological polar surface area (TPSA) is 88.1 Å². The zero-order chi connectivity index (χ0) is 18.8. The predicted octanol–water partition coefficient (Wildman–Crippen LogP) is 2.49. The maximum Gasteiger partial charge on any atom is 0.311 e. The maximum atomic E-state index is 14.3. The molecule has 0 saturated carbocycles. The van der Waals surface area contributed by atoms with Crippen LogP contribution in [-0.2, 0) is 21.6 Å². The summed E-state index contributed by atoms with van der Waals surface area (Å²) in [5.41, 5.74) is -3.17. The van der Waals surface area contributed by atoms with Gasteiger partial charge >= 0.3 is 5.97 Å². The average Bonchev–Trinajstić information content (AvgIpc) is 3.01. The summed E-state index contributed by atoms with van der Waals surface area (Å²) >= 11 is 0. The number of ether oxygens (including phenoxy) is 1. The number of rotatable bonds is 5. The zero-order valence-corrected chi connectivity index (χ0v) is 14.5. The fourth-order valence-electron chi connectivity index (χ4n) is 2.29. The van der Waals surface area contributed by atoms with Gasteiger partial charge in [0.25, 0.3) is 0 Å². The quantitative estimate of drug-likeness (QED) is 0.807. The molecule has 8 heteroatoms. The van der Waals surface area contributed by atoms with Crippen molar-refractivity contribution in [3.8, 4) is 0 Å². The van der Waals surface area contributed by atoms with Crippen LogP contribution in [-0.4, -0.2) is 32.4 Å². The number of aliphatic hydroxyl groups is 1. The van der Waals surface area contributed by atoms with E-state index in [9.17, 15) is 18.7 Å². The molecular weight excluding hydrogens is 332 g/mol. The van der Waals surface area contributed by atoms with E-state index in [1.165, 1.54) is 13.3 Å². The van der Waals surface area contributed by atoms with Crippen molar-refractivity contribution < 1.29 is 23.4 Å². The Balaban J connectivity index is 2.45. The number of aromatic nitrogens is 3. The molecule has 0 aliphatic rings. The molecule has 2 atom stereocenters. The summed E-state index contributed by atoms with van der Waals surface area (Å²) in [6.07, 6.45) is -0.184. The van der Waals surface area contributed by atoms with Crippen molar-refractivity contribution in [2.45, 2.75) is 45.8 Å². The van der Waals surface area contributed by atoms with Gasteiger partial charge in [-0.2, -0.15) is 5.10 Å². The minimum atomic E-state index is -2.04. The first-order valence-corrected chi connectivity index (χ1v) is 7.77. The Morgan fingerprint density at radius 2 is 2.04 bits per heavy atom. The molecule has 0 bridgehead atoms. The van der Waals surface area contributed by atoms with Crippen LogP contribution in [0, 0.1) is 17.0 Å². The van der Waals surface area contributed by atoms with Crippen LogP contribution in [0.2, 0.25) is 0 Å². The van der Waals surface area contributed by atoms with E-state index in [4.69, 9.17) is 4.74 Å². The van der Waals surface area contributed by atoms with E-state index >= 15 is 0 Å². The summed E-state index contributed by atoms with van der Waals surface area (Å²) in [4.78, 5) is 16.1. The number of H-pyrrole nitrogens is 1. The van der Waals surface area contributed by atoms with Gasteiger partial charge in [-0.05, 0) is 45.9 Å². The van der Waals surface area contributed by atoms with Gasteiger partial charge in [-0.3, -0.25) is 9.89 Å². The van der Waals surface area contributed by atoms with Gasteiger partial charge in [-0.15, -0.1) is 0 Å². The molecule has 2 rings (SSSR count). The number of nitrogens with zero attached hydrogens (tertiary/aromatic N) is 2. The lowest BCUT2D eigenvalue weighted by Crippen LogP contribution is -2.45. The van der Waals surface area contributed by atoms with Crippen molar-refractivity contribution in [2.24, 2.45) is 5.41 Å². The van der Waals surface area contributed by atoms with Crippen molar-refractivity contribution >= 4 is 5.97 Å². The van der Waals surface area contributed by atoms with Gasteiger partial charge in [0, 0.05) is 12.0 Å². The second kappa shape index (κ2) is 6.87. The molecule has 0 spiro atoms.